The Morgan fingerprint density at radius 2 is 2.06 bits per heavy atom. The summed E-state index contributed by atoms with van der Waals surface area (Å²) >= 11 is 0. The van der Waals surface area contributed by atoms with Crippen molar-refractivity contribution < 1.29 is 22.7 Å². The molecule has 0 fully saturated rings. The first-order valence-electron chi connectivity index (χ1n) is 5.42. The lowest BCUT2D eigenvalue weighted by atomic mass is 10.2. The number of carbonyl (C=O) groups is 1. The first kappa shape index (κ1) is 16.2. The third-order valence-corrected chi connectivity index (χ3v) is 2.22. The molecule has 0 radical (unpaired) electrons. The van der Waals surface area contributed by atoms with Crippen molar-refractivity contribution in [2.75, 3.05) is 26.7 Å². The summed E-state index contributed by atoms with van der Waals surface area (Å²) in [5.41, 5.74) is 5.37. The monoisotopic (exact) mass is 256 g/mol. The minimum Gasteiger partial charge on any atom is -0.377 e. The van der Waals surface area contributed by atoms with Crippen LogP contribution in [-0.4, -0.2) is 49.8 Å². The van der Waals surface area contributed by atoms with Crippen LogP contribution in [0.15, 0.2) is 0 Å². The van der Waals surface area contributed by atoms with E-state index in [1.165, 1.54) is 7.05 Å². The molecule has 0 aromatic heterocycles. The Labute approximate surface area is 98.9 Å². The smallest absolute Gasteiger partial charge is 0.377 e. The van der Waals surface area contributed by atoms with Crippen LogP contribution in [0.4, 0.5) is 13.2 Å². The molecule has 0 aromatic carbocycles. The van der Waals surface area contributed by atoms with E-state index in [2.05, 4.69) is 0 Å². The van der Waals surface area contributed by atoms with E-state index in [0.717, 1.165) is 4.90 Å². The Morgan fingerprint density at radius 3 is 2.47 bits per heavy atom. The highest BCUT2D eigenvalue weighted by atomic mass is 19.4. The first-order chi connectivity index (χ1) is 7.80. The maximum absolute atomic E-state index is 11.9. The summed E-state index contributed by atoms with van der Waals surface area (Å²) in [6, 6.07) is 0. The predicted molar refractivity (Wildman–Crippen MR) is 57.4 cm³/mol. The number of hydrogen-bond acceptors (Lipinski definition) is 3. The molecular formula is C10H19F3N2O2. The summed E-state index contributed by atoms with van der Waals surface area (Å²) in [6.07, 6.45) is -5.67. The van der Waals surface area contributed by atoms with Crippen LogP contribution in [0.5, 0.6) is 0 Å². The second-order valence-electron chi connectivity index (χ2n) is 3.70. The van der Waals surface area contributed by atoms with Gasteiger partial charge in [0.05, 0.1) is 18.9 Å². The van der Waals surface area contributed by atoms with Gasteiger partial charge in [-0.25, -0.2) is 0 Å². The van der Waals surface area contributed by atoms with Crippen LogP contribution in [0, 0.1) is 0 Å². The van der Waals surface area contributed by atoms with Gasteiger partial charge in [0, 0.05) is 26.7 Å². The number of nitrogens with zero attached hydrogens (tertiary/aromatic N) is 1. The topological polar surface area (TPSA) is 55.6 Å². The molecule has 102 valence electrons. The number of rotatable bonds is 7. The average Bonchev–Trinajstić information content (AvgIpc) is 2.23. The molecule has 0 saturated carbocycles. The maximum atomic E-state index is 11.9. The van der Waals surface area contributed by atoms with Gasteiger partial charge in [-0.15, -0.1) is 0 Å². The van der Waals surface area contributed by atoms with Gasteiger partial charge in [-0.2, -0.15) is 13.2 Å². The molecule has 4 nitrogen and oxygen atoms in total. The normalized spacial score (nSPS) is 13.5. The van der Waals surface area contributed by atoms with Crippen molar-refractivity contribution in [2.45, 2.75) is 32.0 Å². The van der Waals surface area contributed by atoms with Crippen LogP contribution in [0.25, 0.3) is 0 Å². The number of amides is 1. The van der Waals surface area contributed by atoms with Gasteiger partial charge in [0.1, 0.15) is 0 Å². The molecule has 0 aliphatic heterocycles. The van der Waals surface area contributed by atoms with E-state index in [0.29, 0.717) is 6.61 Å². The van der Waals surface area contributed by atoms with Crippen LogP contribution in [0.1, 0.15) is 19.8 Å². The molecule has 0 rings (SSSR count). The molecule has 1 unspecified atom stereocenters. The van der Waals surface area contributed by atoms with Crippen LogP contribution >= 0.6 is 0 Å². The van der Waals surface area contributed by atoms with Gasteiger partial charge >= 0.3 is 6.18 Å². The van der Waals surface area contributed by atoms with Crippen molar-refractivity contribution in [3.8, 4) is 0 Å². The zero-order valence-electron chi connectivity index (χ0n) is 10.1. The second-order valence-corrected chi connectivity index (χ2v) is 3.70. The summed E-state index contributed by atoms with van der Waals surface area (Å²) in [6.45, 7) is 2.01. The lowest BCUT2D eigenvalue weighted by Gasteiger charge is -2.21. The lowest BCUT2D eigenvalue weighted by molar-refractivity contribution is -0.145. The Kier molecular flexibility index (Phi) is 7.13. The van der Waals surface area contributed by atoms with Crippen LogP contribution in [0.3, 0.4) is 0 Å². The molecular weight excluding hydrogens is 237 g/mol. The molecule has 7 heteroatoms. The Balaban J connectivity index is 4.03. The zero-order valence-corrected chi connectivity index (χ0v) is 10.1. The number of hydrogen-bond donors (Lipinski definition) is 1. The molecule has 0 aromatic rings. The summed E-state index contributed by atoms with van der Waals surface area (Å²) in [4.78, 5) is 12.6. The van der Waals surface area contributed by atoms with Crippen molar-refractivity contribution in [3.05, 3.63) is 0 Å². The number of ether oxygens (including phenoxy) is 1. The standard InChI is InChI=1S/C10H19F3N2O2/c1-3-17-8(7-14)6-9(16)15(2)5-4-10(11,12)13/h8H,3-7,14H2,1-2H3. The average molecular weight is 256 g/mol. The fourth-order valence-corrected chi connectivity index (χ4v) is 1.22. The van der Waals surface area contributed by atoms with Gasteiger partial charge in [0.25, 0.3) is 0 Å². The fraction of sp³-hybridized carbons (Fsp3) is 0.900. The number of alkyl halides is 3. The number of carbonyl (C=O) groups excluding carboxylic acids is 1. The minimum atomic E-state index is -4.25. The van der Waals surface area contributed by atoms with Gasteiger partial charge in [-0.05, 0) is 6.92 Å². The van der Waals surface area contributed by atoms with E-state index in [9.17, 15) is 18.0 Å². The third kappa shape index (κ3) is 7.98. The molecule has 1 atom stereocenters. The maximum Gasteiger partial charge on any atom is 0.390 e. The van der Waals surface area contributed by atoms with E-state index in [1.54, 1.807) is 6.92 Å². The molecule has 1 amide bonds. The molecule has 17 heavy (non-hydrogen) atoms. The largest absolute Gasteiger partial charge is 0.390 e. The highest BCUT2D eigenvalue weighted by Gasteiger charge is 2.28. The van der Waals surface area contributed by atoms with Crippen LogP contribution in [0.2, 0.25) is 0 Å². The van der Waals surface area contributed by atoms with E-state index in [-0.39, 0.29) is 19.5 Å². The summed E-state index contributed by atoms with van der Waals surface area (Å²) in [5.74, 6) is -0.391. The summed E-state index contributed by atoms with van der Waals surface area (Å²) in [5, 5.41) is 0. The SMILES string of the molecule is CCOC(CN)CC(=O)N(C)CCC(F)(F)F. The molecule has 2 N–H and O–H groups in total. The highest BCUT2D eigenvalue weighted by molar-refractivity contribution is 5.76. The van der Waals surface area contributed by atoms with Crippen molar-refractivity contribution in [3.63, 3.8) is 0 Å². The highest BCUT2D eigenvalue weighted by Crippen LogP contribution is 2.19. The van der Waals surface area contributed by atoms with Gasteiger partial charge < -0.3 is 15.4 Å². The van der Waals surface area contributed by atoms with E-state index in [4.69, 9.17) is 10.5 Å². The first-order valence-corrected chi connectivity index (χ1v) is 5.42. The van der Waals surface area contributed by atoms with E-state index < -0.39 is 24.6 Å². The van der Waals surface area contributed by atoms with Crippen molar-refractivity contribution in [2.24, 2.45) is 5.73 Å². The summed E-state index contributed by atoms with van der Waals surface area (Å²) < 4.78 is 41.0. The number of nitrogens with two attached hydrogens (primary N) is 1. The zero-order chi connectivity index (χ0) is 13.5. The Morgan fingerprint density at radius 1 is 1.47 bits per heavy atom. The van der Waals surface area contributed by atoms with Crippen molar-refractivity contribution in [1.82, 2.24) is 4.90 Å². The van der Waals surface area contributed by atoms with Crippen molar-refractivity contribution in [1.29, 1.82) is 0 Å². The van der Waals surface area contributed by atoms with Crippen LogP contribution < -0.4 is 5.73 Å². The van der Waals surface area contributed by atoms with Crippen LogP contribution in [-0.2, 0) is 9.53 Å². The van der Waals surface area contributed by atoms with Gasteiger partial charge in [-0.1, -0.05) is 0 Å². The fourth-order valence-electron chi connectivity index (χ4n) is 1.22. The molecule has 0 aliphatic carbocycles. The van der Waals surface area contributed by atoms with Gasteiger partial charge in [0.2, 0.25) is 5.91 Å². The third-order valence-electron chi connectivity index (χ3n) is 2.22. The van der Waals surface area contributed by atoms with Gasteiger partial charge in [0.15, 0.2) is 0 Å². The quantitative estimate of drug-likeness (QED) is 0.743. The molecule has 0 bridgehead atoms. The van der Waals surface area contributed by atoms with E-state index >= 15 is 0 Å². The summed E-state index contributed by atoms with van der Waals surface area (Å²) in [7, 11) is 1.34. The molecule has 0 aliphatic rings. The Hall–Kier alpha value is -0.820. The van der Waals surface area contributed by atoms with Gasteiger partial charge in [-0.3, -0.25) is 4.79 Å². The minimum absolute atomic E-state index is 0.0126. The number of halogens is 3. The van der Waals surface area contributed by atoms with Crippen molar-refractivity contribution >= 4 is 5.91 Å². The lowest BCUT2D eigenvalue weighted by Crippen LogP contribution is -2.35. The Bertz CT molecular complexity index is 234. The second kappa shape index (κ2) is 7.50. The molecule has 0 saturated heterocycles. The molecule has 0 spiro atoms. The molecule has 0 heterocycles. The van der Waals surface area contributed by atoms with E-state index in [1.807, 2.05) is 0 Å². The predicted octanol–water partition coefficient (Wildman–Crippen LogP) is 1.15.